The first-order valence-corrected chi connectivity index (χ1v) is 5.74. The molecule has 2 N–H and O–H groups in total. The Morgan fingerprint density at radius 2 is 2.36 bits per heavy atom. The molecule has 14 heavy (non-hydrogen) atoms. The molecule has 2 rings (SSSR count). The lowest BCUT2D eigenvalue weighted by Gasteiger charge is -2.28. The number of ether oxygens (including phenoxy) is 1. The monoisotopic (exact) mass is 213 g/mol. The molecular formula is C9H15N3OS. The van der Waals surface area contributed by atoms with Crippen molar-refractivity contribution in [1.29, 1.82) is 0 Å². The van der Waals surface area contributed by atoms with Crippen molar-refractivity contribution in [3.05, 3.63) is 16.6 Å². The number of aromatic nitrogens is 1. The summed E-state index contributed by atoms with van der Waals surface area (Å²) < 4.78 is 5.28. The normalized spacial score (nSPS) is 20.9. The Labute approximate surface area is 87.7 Å². The van der Waals surface area contributed by atoms with E-state index in [4.69, 9.17) is 10.5 Å². The minimum Gasteiger partial charge on any atom is -0.379 e. The second-order valence-electron chi connectivity index (χ2n) is 3.43. The average Bonchev–Trinajstić information content (AvgIpc) is 2.72. The Morgan fingerprint density at radius 3 is 3.00 bits per heavy atom. The van der Waals surface area contributed by atoms with Crippen LogP contribution in [0.25, 0.3) is 0 Å². The van der Waals surface area contributed by atoms with Crippen LogP contribution in [0, 0.1) is 0 Å². The lowest BCUT2D eigenvalue weighted by molar-refractivity contribution is 0.0351. The molecule has 0 aliphatic carbocycles. The van der Waals surface area contributed by atoms with Gasteiger partial charge >= 0.3 is 0 Å². The van der Waals surface area contributed by atoms with Crippen LogP contribution in [0.3, 0.4) is 0 Å². The fraction of sp³-hybridized carbons (Fsp3) is 0.667. The van der Waals surface area contributed by atoms with Gasteiger partial charge in [-0.1, -0.05) is 0 Å². The van der Waals surface area contributed by atoms with Crippen molar-refractivity contribution < 1.29 is 4.74 Å². The Morgan fingerprint density at radius 1 is 1.57 bits per heavy atom. The number of nitrogens with zero attached hydrogens (tertiary/aromatic N) is 2. The van der Waals surface area contributed by atoms with E-state index in [9.17, 15) is 0 Å². The summed E-state index contributed by atoms with van der Waals surface area (Å²) in [4.78, 5) is 6.54. The summed E-state index contributed by atoms with van der Waals surface area (Å²) in [5.74, 6) is 0. The van der Waals surface area contributed by atoms with Gasteiger partial charge in [0.25, 0.3) is 0 Å². The summed E-state index contributed by atoms with van der Waals surface area (Å²) in [5, 5.41) is 2.02. The maximum Gasteiger partial charge on any atom is 0.0795 e. The number of morpholine rings is 1. The summed E-state index contributed by atoms with van der Waals surface area (Å²) >= 11 is 1.60. The second kappa shape index (κ2) is 4.84. The zero-order valence-corrected chi connectivity index (χ0v) is 8.87. The van der Waals surface area contributed by atoms with Crippen molar-refractivity contribution in [1.82, 2.24) is 9.88 Å². The zero-order valence-electron chi connectivity index (χ0n) is 8.06. The van der Waals surface area contributed by atoms with Crippen LogP contribution in [-0.2, 0) is 4.74 Å². The highest BCUT2D eigenvalue weighted by atomic mass is 32.1. The van der Waals surface area contributed by atoms with E-state index in [1.54, 1.807) is 11.3 Å². The Kier molecular flexibility index (Phi) is 3.47. The van der Waals surface area contributed by atoms with Crippen LogP contribution in [-0.4, -0.2) is 42.7 Å². The van der Waals surface area contributed by atoms with Crippen molar-refractivity contribution in [3.63, 3.8) is 0 Å². The van der Waals surface area contributed by atoms with Crippen molar-refractivity contribution in [3.8, 4) is 0 Å². The lowest BCUT2D eigenvalue weighted by atomic mass is 10.2. The lowest BCUT2D eigenvalue weighted by Crippen LogP contribution is -2.40. The van der Waals surface area contributed by atoms with Crippen LogP contribution in [0.15, 0.2) is 10.9 Å². The summed E-state index contributed by atoms with van der Waals surface area (Å²) in [7, 11) is 0. The van der Waals surface area contributed by atoms with E-state index in [0.717, 1.165) is 38.5 Å². The summed E-state index contributed by atoms with van der Waals surface area (Å²) in [6.45, 7) is 4.50. The molecule has 1 aliphatic rings. The maximum absolute atomic E-state index is 6.03. The summed E-state index contributed by atoms with van der Waals surface area (Å²) in [6.07, 6.45) is 0. The van der Waals surface area contributed by atoms with E-state index in [-0.39, 0.29) is 6.04 Å². The predicted molar refractivity (Wildman–Crippen MR) is 56.3 cm³/mol. The SMILES string of the molecule is NC(CN1CCOCC1)c1cscn1. The minimum absolute atomic E-state index is 0.0411. The largest absolute Gasteiger partial charge is 0.379 e. The molecule has 1 unspecified atom stereocenters. The first kappa shape index (κ1) is 10.0. The molecular weight excluding hydrogens is 198 g/mol. The van der Waals surface area contributed by atoms with E-state index in [2.05, 4.69) is 9.88 Å². The van der Waals surface area contributed by atoms with Crippen LogP contribution in [0.2, 0.25) is 0 Å². The van der Waals surface area contributed by atoms with Crippen LogP contribution in [0.5, 0.6) is 0 Å². The van der Waals surface area contributed by atoms with Crippen LogP contribution >= 0.6 is 11.3 Å². The maximum atomic E-state index is 6.03. The zero-order chi connectivity index (χ0) is 9.80. The molecule has 0 spiro atoms. The Bertz CT molecular complexity index is 259. The smallest absolute Gasteiger partial charge is 0.0795 e. The van der Waals surface area contributed by atoms with E-state index in [1.165, 1.54) is 0 Å². The number of hydrogen-bond donors (Lipinski definition) is 1. The fourth-order valence-corrected chi connectivity index (χ4v) is 2.18. The van der Waals surface area contributed by atoms with E-state index in [1.807, 2.05) is 10.9 Å². The van der Waals surface area contributed by atoms with E-state index < -0.39 is 0 Å². The van der Waals surface area contributed by atoms with Crippen molar-refractivity contribution in [2.24, 2.45) is 5.73 Å². The molecule has 0 aromatic carbocycles. The Balaban J connectivity index is 1.84. The molecule has 5 heteroatoms. The van der Waals surface area contributed by atoms with Gasteiger partial charge in [-0.15, -0.1) is 11.3 Å². The highest BCUT2D eigenvalue weighted by molar-refractivity contribution is 7.07. The topological polar surface area (TPSA) is 51.4 Å². The summed E-state index contributed by atoms with van der Waals surface area (Å²) in [6, 6.07) is 0.0411. The summed E-state index contributed by atoms with van der Waals surface area (Å²) in [5.41, 5.74) is 8.86. The number of rotatable bonds is 3. The third kappa shape index (κ3) is 2.51. The van der Waals surface area contributed by atoms with E-state index in [0.29, 0.717) is 0 Å². The molecule has 2 heterocycles. The quantitative estimate of drug-likeness (QED) is 0.793. The van der Waals surface area contributed by atoms with Gasteiger partial charge < -0.3 is 10.5 Å². The Hall–Kier alpha value is -0.490. The second-order valence-corrected chi connectivity index (χ2v) is 4.15. The fourth-order valence-electron chi connectivity index (χ4n) is 1.56. The number of hydrogen-bond acceptors (Lipinski definition) is 5. The number of nitrogens with two attached hydrogens (primary N) is 1. The predicted octanol–water partition coefficient (Wildman–Crippen LogP) is 0.475. The molecule has 0 saturated carbocycles. The van der Waals surface area contributed by atoms with Gasteiger partial charge in [0.05, 0.1) is 30.5 Å². The molecule has 1 aromatic rings. The van der Waals surface area contributed by atoms with Crippen molar-refractivity contribution in [2.45, 2.75) is 6.04 Å². The molecule has 0 radical (unpaired) electrons. The van der Waals surface area contributed by atoms with Crippen LogP contribution in [0.1, 0.15) is 11.7 Å². The molecule has 4 nitrogen and oxygen atoms in total. The van der Waals surface area contributed by atoms with Gasteiger partial charge in [0.15, 0.2) is 0 Å². The molecule has 0 amide bonds. The number of thiazole rings is 1. The van der Waals surface area contributed by atoms with E-state index >= 15 is 0 Å². The highest BCUT2D eigenvalue weighted by Crippen LogP contribution is 2.12. The average molecular weight is 213 g/mol. The van der Waals surface area contributed by atoms with Gasteiger partial charge in [-0.05, 0) is 0 Å². The third-order valence-electron chi connectivity index (χ3n) is 2.39. The van der Waals surface area contributed by atoms with Gasteiger partial charge in [0.1, 0.15) is 0 Å². The molecule has 0 bridgehead atoms. The van der Waals surface area contributed by atoms with Crippen LogP contribution in [0.4, 0.5) is 0 Å². The molecule has 1 atom stereocenters. The van der Waals surface area contributed by atoms with Gasteiger partial charge in [0.2, 0.25) is 0 Å². The van der Waals surface area contributed by atoms with Gasteiger partial charge in [0, 0.05) is 25.0 Å². The highest BCUT2D eigenvalue weighted by Gasteiger charge is 2.15. The molecule has 1 aromatic heterocycles. The first-order chi connectivity index (χ1) is 6.86. The van der Waals surface area contributed by atoms with Crippen molar-refractivity contribution >= 4 is 11.3 Å². The van der Waals surface area contributed by atoms with Crippen LogP contribution < -0.4 is 5.73 Å². The van der Waals surface area contributed by atoms with Gasteiger partial charge in [-0.3, -0.25) is 4.90 Å². The van der Waals surface area contributed by atoms with Gasteiger partial charge in [-0.25, -0.2) is 4.98 Å². The molecule has 1 fully saturated rings. The minimum atomic E-state index is 0.0411. The third-order valence-corrected chi connectivity index (χ3v) is 2.99. The van der Waals surface area contributed by atoms with Crippen molar-refractivity contribution in [2.75, 3.05) is 32.8 Å². The standard InChI is InChI=1S/C9H15N3OS/c10-8(9-6-14-7-11-9)5-12-1-3-13-4-2-12/h6-8H,1-5,10H2. The van der Waals surface area contributed by atoms with Gasteiger partial charge in [-0.2, -0.15) is 0 Å². The first-order valence-electron chi connectivity index (χ1n) is 4.80. The molecule has 1 aliphatic heterocycles. The molecule has 1 saturated heterocycles. The molecule has 78 valence electrons.